The van der Waals surface area contributed by atoms with Crippen molar-refractivity contribution in [3.63, 3.8) is 0 Å². The molecule has 0 fully saturated rings. The first-order valence-electron chi connectivity index (χ1n) is 6.66. The molecular formula is C14H20N2O3S. The van der Waals surface area contributed by atoms with Gasteiger partial charge >= 0.3 is 0 Å². The highest BCUT2D eigenvalue weighted by Crippen LogP contribution is 2.16. The fraction of sp³-hybridized carbons (Fsp3) is 0.500. The van der Waals surface area contributed by atoms with Crippen LogP contribution < -0.4 is 10.6 Å². The maximum atomic E-state index is 12.1. The van der Waals surface area contributed by atoms with Crippen molar-refractivity contribution in [1.29, 1.82) is 0 Å². The number of nitrogens with one attached hydrogen (secondary N) is 2. The number of amides is 1. The Hall–Kier alpha value is -1.40. The molecule has 0 spiro atoms. The van der Waals surface area contributed by atoms with Gasteiger partial charge in [-0.25, -0.2) is 8.42 Å². The van der Waals surface area contributed by atoms with E-state index in [4.69, 9.17) is 0 Å². The van der Waals surface area contributed by atoms with Gasteiger partial charge in [0, 0.05) is 24.4 Å². The molecule has 0 saturated carbocycles. The predicted octanol–water partition coefficient (Wildman–Crippen LogP) is 0.495. The van der Waals surface area contributed by atoms with Crippen LogP contribution in [-0.2, 0) is 22.8 Å². The van der Waals surface area contributed by atoms with E-state index in [-0.39, 0.29) is 11.7 Å². The van der Waals surface area contributed by atoms with E-state index in [1.807, 2.05) is 12.1 Å². The number of hydrogen-bond acceptors (Lipinski definition) is 4. The van der Waals surface area contributed by atoms with Crippen molar-refractivity contribution < 1.29 is 13.2 Å². The molecule has 0 aliphatic carbocycles. The van der Waals surface area contributed by atoms with Crippen LogP contribution in [0.5, 0.6) is 0 Å². The van der Waals surface area contributed by atoms with E-state index in [0.717, 1.165) is 25.1 Å². The van der Waals surface area contributed by atoms with Crippen molar-refractivity contribution in [2.45, 2.75) is 25.9 Å². The maximum Gasteiger partial charge on any atom is 0.251 e. The van der Waals surface area contributed by atoms with E-state index < -0.39 is 15.9 Å². The molecule has 1 amide bonds. The first-order chi connectivity index (χ1) is 9.35. The van der Waals surface area contributed by atoms with E-state index in [1.165, 1.54) is 11.8 Å². The van der Waals surface area contributed by atoms with E-state index in [0.29, 0.717) is 5.56 Å². The Labute approximate surface area is 119 Å². The Bertz CT molecular complexity index is 611. The fourth-order valence-corrected chi connectivity index (χ4v) is 3.42. The first-order valence-corrected chi connectivity index (χ1v) is 8.72. The van der Waals surface area contributed by atoms with Crippen LogP contribution in [-0.4, -0.2) is 38.9 Å². The molecule has 1 atom stereocenters. The van der Waals surface area contributed by atoms with Crippen LogP contribution in [0.1, 0.15) is 28.4 Å². The number of carbonyl (C=O) groups excluding carboxylic acids is 1. The Morgan fingerprint density at radius 3 is 2.85 bits per heavy atom. The molecule has 6 heteroatoms. The highest BCUT2D eigenvalue weighted by molar-refractivity contribution is 7.90. The number of rotatable bonds is 4. The molecule has 1 aromatic rings. The summed E-state index contributed by atoms with van der Waals surface area (Å²) in [6, 6.07) is 5.26. The first kappa shape index (κ1) is 15.0. The van der Waals surface area contributed by atoms with Crippen molar-refractivity contribution in [2.24, 2.45) is 0 Å². The summed E-state index contributed by atoms with van der Waals surface area (Å²) in [5.41, 5.74) is 2.98. The second kappa shape index (κ2) is 5.93. The summed E-state index contributed by atoms with van der Waals surface area (Å²) in [6.45, 7) is 3.43. The molecule has 110 valence electrons. The fourth-order valence-electron chi connectivity index (χ4n) is 2.42. The predicted molar refractivity (Wildman–Crippen MR) is 78.5 cm³/mol. The average molecular weight is 296 g/mol. The summed E-state index contributed by atoms with van der Waals surface area (Å²) in [6.07, 6.45) is 2.14. The zero-order chi connectivity index (χ0) is 14.8. The zero-order valence-electron chi connectivity index (χ0n) is 11.8. The lowest BCUT2D eigenvalue weighted by Gasteiger charge is -2.18. The van der Waals surface area contributed by atoms with E-state index in [1.54, 1.807) is 13.0 Å². The Balaban J connectivity index is 2.06. The van der Waals surface area contributed by atoms with Crippen molar-refractivity contribution in [1.82, 2.24) is 10.6 Å². The lowest BCUT2D eigenvalue weighted by molar-refractivity contribution is 0.0943. The summed E-state index contributed by atoms with van der Waals surface area (Å²) >= 11 is 0. The van der Waals surface area contributed by atoms with Gasteiger partial charge in [0.2, 0.25) is 0 Å². The number of sulfone groups is 1. The topological polar surface area (TPSA) is 75.3 Å². The molecule has 5 nitrogen and oxygen atoms in total. The highest BCUT2D eigenvalue weighted by atomic mass is 32.2. The lowest BCUT2D eigenvalue weighted by atomic mass is 9.98. The van der Waals surface area contributed by atoms with E-state index >= 15 is 0 Å². The van der Waals surface area contributed by atoms with Gasteiger partial charge in [0.05, 0.1) is 5.75 Å². The van der Waals surface area contributed by atoms with E-state index in [2.05, 4.69) is 10.6 Å². The van der Waals surface area contributed by atoms with Gasteiger partial charge in [-0.15, -0.1) is 0 Å². The van der Waals surface area contributed by atoms with Gasteiger partial charge in [-0.2, -0.15) is 0 Å². The molecule has 2 rings (SSSR count). The molecule has 1 aliphatic rings. The van der Waals surface area contributed by atoms with E-state index in [9.17, 15) is 13.2 Å². The number of fused-ring (bicyclic) bond motifs is 1. The van der Waals surface area contributed by atoms with Gasteiger partial charge < -0.3 is 10.6 Å². The van der Waals surface area contributed by atoms with Crippen LogP contribution in [0.3, 0.4) is 0 Å². The molecule has 0 saturated heterocycles. The van der Waals surface area contributed by atoms with Crippen LogP contribution in [0.25, 0.3) is 0 Å². The van der Waals surface area contributed by atoms with Crippen LogP contribution in [0.2, 0.25) is 0 Å². The average Bonchev–Trinajstić information content (AvgIpc) is 2.35. The van der Waals surface area contributed by atoms with Crippen LogP contribution >= 0.6 is 0 Å². The molecule has 1 aliphatic heterocycles. The molecule has 1 aromatic carbocycles. The largest absolute Gasteiger partial charge is 0.349 e. The second-order valence-electron chi connectivity index (χ2n) is 5.38. The lowest BCUT2D eigenvalue weighted by Crippen LogP contribution is -2.37. The Morgan fingerprint density at radius 2 is 2.15 bits per heavy atom. The SMILES string of the molecule is CC(CS(C)(=O)=O)NC(=O)c1ccc2c(c1)CNCC2. The van der Waals surface area contributed by atoms with Gasteiger partial charge in [0.25, 0.3) is 5.91 Å². The standard InChI is InChI=1S/C14H20N2O3S/c1-10(9-20(2,18)19)16-14(17)12-4-3-11-5-6-15-8-13(11)7-12/h3-4,7,10,15H,5-6,8-9H2,1-2H3,(H,16,17). The van der Waals surface area contributed by atoms with Gasteiger partial charge in [-0.3, -0.25) is 4.79 Å². The number of benzene rings is 1. The summed E-state index contributed by atoms with van der Waals surface area (Å²) in [7, 11) is -3.09. The maximum absolute atomic E-state index is 12.1. The molecule has 1 heterocycles. The zero-order valence-corrected chi connectivity index (χ0v) is 12.6. The molecule has 2 N–H and O–H groups in total. The van der Waals surface area contributed by atoms with Crippen molar-refractivity contribution in [2.75, 3.05) is 18.6 Å². The summed E-state index contributed by atoms with van der Waals surface area (Å²) in [5, 5.41) is 5.99. The van der Waals surface area contributed by atoms with Crippen LogP contribution in [0.4, 0.5) is 0 Å². The van der Waals surface area contributed by atoms with Gasteiger partial charge in [0.1, 0.15) is 9.84 Å². The number of carbonyl (C=O) groups is 1. The van der Waals surface area contributed by atoms with Crippen molar-refractivity contribution in [3.8, 4) is 0 Å². The van der Waals surface area contributed by atoms with Crippen molar-refractivity contribution >= 4 is 15.7 Å². The van der Waals surface area contributed by atoms with Crippen LogP contribution in [0.15, 0.2) is 18.2 Å². The minimum Gasteiger partial charge on any atom is -0.349 e. The third kappa shape index (κ3) is 4.05. The van der Waals surface area contributed by atoms with Gasteiger partial charge in [0.15, 0.2) is 0 Å². The summed E-state index contributed by atoms with van der Waals surface area (Å²) in [4.78, 5) is 12.1. The summed E-state index contributed by atoms with van der Waals surface area (Å²) in [5.74, 6) is -0.278. The Morgan fingerprint density at radius 1 is 1.40 bits per heavy atom. The van der Waals surface area contributed by atoms with Gasteiger partial charge in [-0.05, 0) is 43.1 Å². The van der Waals surface area contributed by atoms with Crippen molar-refractivity contribution in [3.05, 3.63) is 34.9 Å². The molecular weight excluding hydrogens is 276 g/mol. The third-order valence-corrected chi connectivity index (χ3v) is 4.39. The normalized spacial score (nSPS) is 16.3. The quantitative estimate of drug-likeness (QED) is 0.848. The molecule has 0 bridgehead atoms. The molecule has 0 aromatic heterocycles. The second-order valence-corrected chi connectivity index (χ2v) is 7.56. The summed E-state index contributed by atoms with van der Waals surface area (Å²) < 4.78 is 22.4. The molecule has 0 radical (unpaired) electrons. The van der Waals surface area contributed by atoms with Crippen LogP contribution in [0, 0.1) is 0 Å². The smallest absolute Gasteiger partial charge is 0.251 e. The monoisotopic (exact) mass is 296 g/mol. The molecule has 1 unspecified atom stereocenters. The third-order valence-electron chi connectivity index (χ3n) is 3.29. The highest BCUT2D eigenvalue weighted by Gasteiger charge is 2.16. The minimum absolute atomic E-state index is 0.0504. The Kier molecular flexibility index (Phi) is 4.45. The number of hydrogen-bond donors (Lipinski definition) is 2. The molecule has 20 heavy (non-hydrogen) atoms. The minimum atomic E-state index is -3.09. The van der Waals surface area contributed by atoms with Gasteiger partial charge in [-0.1, -0.05) is 6.07 Å².